The van der Waals surface area contributed by atoms with Crippen LogP contribution in [-0.2, 0) is 4.79 Å². The maximum absolute atomic E-state index is 11.5. The normalized spacial score (nSPS) is 11.6. The molecule has 1 atom stereocenters. The third-order valence-corrected chi connectivity index (χ3v) is 2.17. The molecule has 1 aromatic carbocycles. The summed E-state index contributed by atoms with van der Waals surface area (Å²) in [5.74, 6) is 0.445. The summed E-state index contributed by atoms with van der Waals surface area (Å²) in [4.78, 5) is 11.5. The Morgan fingerprint density at radius 2 is 2.19 bits per heavy atom. The first-order valence-corrected chi connectivity index (χ1v) is 5.32. The number of nitrogens with one attached hydrogen (secondary N) is 1. The molecule has 0 aliphatic heterocycles. The molecule has 1 aromatic rings. The van der Waals surface area contributed by atoms with Crippen LogP contribution in [0.5, 0.6) is 5.75 Å². The molecule has 0 bridgehead atoms. The van der Waals surface area contributed by atoms with Crippen molar-refractivity contribution in [2.24, 2.45) is 0 Å². The van der Waals surface area contributed by atoms with Crippen LogP contribution in [0.15, 0.2) is 36.9 Å². The number of amides is 1. The predicted molar refractivity (Wildman–Crippen MR) is 64.7 cm³/mol. The summed E-state index contributed by atoms with van der Waals surface area (Å²) >= 11 is 5.73. The van der Waals surface area contributed by atoms with Crippen molar-refractivity contribution in [3.8, 4) is 5.75 Å². The number of hydrogen-bond acceptors (Lipinski definition) is 2. The number of ether oxygens (including phenoxy) is 1. The first-order chi connectivity index (χ1) is 7.63. The zero-order valence-corrected chi connectivity index (χ0v) is 9.83. The van der Waals surface area contributed by atoms with Gasteiger partial charge < -0.3 is 10.1 Å². The van der Waals surface area contributed by atoms with Gasteiger partial charge in [0.15, 0.2) is 6.10 Å². The highest BCUT2D eigenvalue weighted by atomic mass is 35.5. The number of rotatable bonds is 5. The minimum atomic E-state index is -0.541. The van der Waals surface area contributed by atoms with Crippen LogP contribution >= 0.6 is 11.6 Å². The summed E-state index contributed by atoms with van der Waals surface area (Å²) in [7, 11) is 0. The van der Waals surface area contributed by atoms with Gasteiger partial charge in [-0.1, -0.05) is 17.7 Å². The Hall–Kier alpha value is -1.48. The molecule has 0 saturated heterocycles. The van der Waals surface area contributed by atoms with E-state index in [1.54, 1.807) is 37.3 Å². The van der Waals surface area contributed by atoms with Gasteiger partial charge in [0.05, 0.1) is 0 Å². The van der Waals surface area contributed by atoms with Crippen molar-refractivity contribution in [2.45, 2.75) is 13.0 Å². The number of carbonyl (C=O) groups is 1. The van der Waals surface area contributed by atoms with Gasteiger partial charge in [0.25, 0.3) is 5.91 Å². The average molecular weight is 240 g/mol. The van der Waals surface area contributed by atoms with Crippen LogP contribution in [0.3, 0.4) is 0 Å². The van der Waals surface area contributed by atoms with Gasteiger partial charge >= 0.3 is 0 Å². The fourth-order valence-corrected chi connectivity index (χ4v) is 1.21. The second-order valence-electron chi connectivity index (χ2n) is 3.25. The maximum atomic E-state index is 11.5. The molecule has 0 heterocycles. The van der Waals surface area contributed by atoms with Crippen molar-refractivity contribution in [3.63, 3.8) is 0 Å². The molecule has 0 spiro atoms. The van der Waals surface area contributed by atoms with E-state index in [0.717, 1.165) is 0 Å². The summed E-state index contributed by atoms with van der Waals surface area (Å²) in [5, 5.41) is 3.29. The van der Waals surface area contributed by atoms with E-state index in [0.29, 0.717) is 17.3 Å². The summed E-state index contributed by atoms with van der Waals surface area (Å²) in [6.07, 6.45) is 1.08. The van der Waals surface area contributed by atoms with Crippen LogP contribution in [0.25, 0.3) is 0 Å². The van der Waals surface area contributed by atoms with E-state index in [2.05, 4.69) is 11.9 Å². The highest BCUT2D eigenvalue weighted by molar-refractivity contribution is 6.30. The third kappa shape index (κ3) is 3.95. The molecule has 0 radical (unpaired) electrons. The highest BCUT2D eigenvalue weighted by Crippen LogP contribution is 2.16. The van der Waals surface area contributed by atoms with E-state index >= 15 is 0 Å². The highest BCUT2D eigenvalue weighted by Gasteiger charge is 2.13. The molecular formula is C12H14ClNO2. The molecule has 4 heteroatoms. The van der Waals surface area contributed by atoms with Crippen molar-refractivity contribution >= 4 is 17.5 Å². The first kappa shape index (κ1) is 12.6. The zero-order valence-electron chi connectivity index (χ0n) is 9.07. The lowest BCUT2D eigenvalue weighted by Crippen LogP contribution is -2.36. The van der Waals surface area contributed by atoms with Crippen LogP contribution in [0.4, 0.5) is 0 Å². The standard InChI is InChI=1S/C12H14ClNO2/c1-3-8-14-12(15)9(2)16-11-6-4-10(13)5-7-11/h3-7,9H,1,8H2,2H3,(H,14,15). The Labute approximate surface area is 100 Å². The Bertz CT molecular complexity index is 362. The van der Waals surface area contributed by atoms with E-state index in [-0.39, 0.29) is 5.91 Å². The van der Waals surface area contributed by atoms with Gasteiger partial charge in [0.1, 0.15) is 5.75 Å². The summed E-state index contributed by atoms with van der Waals surface area (Å²) in [6.45, 7) is 5.64. The smallest absolute Gasteiger partial charge is 0.261 e. The van der Waals surface area contributed by atoms with Crippen LogP contribution < -0.4 is 10.1 Å². The molecule has 1 N–H and O–H groups in total. The maximum Gasteiger partial charge on any atom is 0.261 e. The molecular weight excluding hydrogens is 226 g/mol. The van der Waals surface area contributed by atoms with Crippen molar-refractivity contribution < 1.29 is 9.53 Å². The van der Waals surface area contributed by atoms with Gasteiger partial charge in [-0.05, 0) is 31.2 Å². The van der Waals surface area contributed by atoms with Crippen molar-refractivity contribution in [1.82, 2.24) is 5.32 Å². The first-order valence-electron chi connectivity index (χ1n) is 4.94. The molecule has 1 unspecified atom stereocenters. The van der Waals surface area contributed by atoms with Crippen LogP contribution in [0.1, 0.15) is 6.92 Å². The molecule has 0 aliphatic carbocycles. The van der Waals surface area contributed by atoms with Crippen LogP contribution in [0, 0.1) is 0 Å². The summed E-state index contributed by atoms with van der Waals surface area (Å²) < 4.78 is 5.42. The molecule has 0 aliphatic rings. The topological polar surface area (TPSA) is 38.3 Å². The van der Waals surface area contributed by atoms with E-state index in [1.165, 1.54) is 0 Å². The lowest BCUT2D eigenvalue weighted by molar-refractivity contribution is -0.127. The Balaban J connectivity index is 2.50. The minimum Gasteiger partial charge on any atom is -0.481 e. The fraction of sp³-hybridized carbons (Fsp3) is 0.250. The van der Waals surface area contributed by atoms with Crippen LogP contribution in [-0.4, -0.2) is 18.6 Å². The van der Waals surface area contributed by atoms with E-state index in [9.17, 15) is 4.79 Å². The van der Waals surface area contributed by atoms with Crippen molar-refractivity contribution in [2.75, 3.05) is 6.54 Å². The molecule has 16 heavy (non-hydrogen) atoms. The van der Waals surface area contributed by atoms with E-state index in [1.807, 2.05) is 0 Å². The second-order valence-corrected chi connectivity index (χ2v) is 3.68. The summed E-state index contributed by atoms with van der Waals surface area (Å²) in [6, 6.07) is 6.87. The molecule has 0 fully saturated rings. The van der Waals surface area contributed by atoms with Gasteiger partial charge in [-0.25, -0.2) is 0 Å². The number of benzene rings is 1. The monoisotopic (exact) mass is 239 g/mol. The largest absolute Gasteiger partial charge is 0.481 e. The van der Waals surface area contributed by atoms with Gasteiger partial charge in [-0.2, -0.15) is 0 Å². The fourth-order valence-electron chi connectivity index (χ4n) is 1.09. The number of hydrogen-bond donors (Lipinski definition) is 1. The van der Waals surface area contributed by atoms with E-state index < -0.39 is 6.10 Å². The molecule has 3 nitrogen and oxygen atoms in total. The van der Waals surface area contributed by atoms with Gasteiger partial charge in [-0.15, -0.1) is 6.58 Å². The predicted octanol–water partition coefficient (Wildman–Crippen LogP) is 2.41. The van der Waals surface area contributed by atoms with Gasteiger partial charge in [0.2, 0.25) is 0 Å². The Morgan fingerprint density at radius 3 is 2.75 bits per heavy atom. The molecule has 0 aromatic heterocycles. The van der Waals surface area contributed by atoms with Crippen molar-refractivity contribution in [3.05, 3.63) is 41.9 Å². The Kier molecular flexibility index (Phi) is 4.86. The SMILES string of the molecule is C=CCNC(=O)C(C)Oc1ccc(Cl)cc1. The molecule has 1 amide bonds. The minimum absolute atomic E-state index is 0.171. The summed E-state index contributed by atoms with van der Waals surface area (Å²) in [5.41, 5.74) is 0. The zero-order chi connectivity index (χ0) is 12.0. The van der Waals surface area contributed by atoms with Crippen LogP contribution in [0.2, 0.25) is 5.02 Å². The lowest BCUT2D eigenvalue weighted by atomic mass is 10.3. The average Bonchev–Trinajstić information content (AvgIpc) is 2.29. The number of carbonyl (C=O) groups excluding carboxylic acids is 1. The van der Waals surface area contributed by atoms with Gasteiger partial charge in [0, 0.05) is 11.6 Å². The third-order valence-electron chi connectivity index (χ3n) is 1.92. The quantitative estimate of drug-likeness (QED) is 0.802. The number of halogens is 1. The Morgan fingerprint density at radius 1 is 1.56 bits per heavy atom. The second kappa shape index (κ2) is 6.18. The molecule has 86 valence electrons. The molecule has 1 rings (SSSR count). The van der Waals surface area contributed by atoms with Crippen molar-refractivity contribution in [1.29, 1.82) is 0 Å². The lowest BCUT2D eigenvalue weighted by Gasteiger charge is -2.13. The van der Waals surface area contributed by atoms with E-state index in [4.69, 9.17) is 16.3 Å². The molecule has 0 saturated carbocycles. The van der Waals surface area contributed by atoms with Gasteiger partial charge in [-0.3, -0.25) is 4.79 Å².